The predicted octanol–water partition coefficient (Wildman–Crippen LogP) is 3.67. The summed E-state index contributed by atoms with van der Waals surface area (Å²) in [5.41, 5.74) is 1.52. The molecule has 2 rings (SSSR count). The van der Waals surface area contributed by atoms with E-state index in [-0.39, 0.29) is 5.78 Å². The fourth-order valence-corrected chi connectivity index (χ4v) is 1.74. The maximum Gasteiger partial charge on any atom is 0.170 e. The standard InChI is InChI=1S/C13H11ClO2/c1-9-5-11(8-16-9)13(15)7-10-3-2-4-12(14)6-10/h2-6,8H,7H2,1H3. The number of halogens is 1. The minimum absolute atomic E-state index is 0.0408. The molecule has 16 heavy (non-hydrogen) atoms. The van der Waals surface area contributed by atoms with Crippen LogP contribution in [0, 0.1) is 6.92 Å². The number of carbonyl (C=O) groups is 1. The first-order valence-electron chi connectivity index (χ1n) is 4.98. The Morgan fingerprint density at radius 1 is 1.38 bits per heavy atom. The van der Waals surface area contributed by atoms with Crippen molar-refractivity contribution < 1.29 is 9.21 Å². The summed E-state index contributed by atoms with van der Waals surface area (Å²) >= 11 is 5.85. The fourth-order valence-electron chi connectivity index (χ4n) is 1.52. The summed E-state index contributed by atoms with van der Waals surface area (Å²) in [5.74, 6) is 0.786. The third-order valence-electron chi connectivity index (χ3n) is 2.31. The Balaban J connectivity index is 2.13. The summed E-state index contributed by atoms with van der Waals surface area (Å²) in [6, 6.07) is 9.05. The van der Waals surface area contributed by atoms with Gasteiger partial charge in [0.15, 0.2) is 5.78 Å². The Morgan fingerprint density at radius 3 is 2.81 bits per heavy atom. The Kier molecular flexibility index (Phi) is 3.11. The van der Waals surface area contributed by atoms with Crippen molar-refractivity contribution in [3.05, 3.63) is 58.5 Å². The average molecular weight is 235 g/mol. The third kappa shape index (κ3) is 2.52. The van der Waals surface area contributed by atoms with Gasteiger partial charge in [-0.05, 0) is 30.7 Å². The molecule has 0 aliphatic carbocycles. The van der Waals surface area contributed by atoms with E-state index in [0.29, 0.717) is 17.0 Å². The van der Waals surface area contributed by atoms with Crippen molar-refractivity contribution in [1.82, 2.24) is 0 Å². The molecule has 1 aromatic heterocycles. The number of carbonyl (C=O) groups excluding carboxylic acids is 1. The summed E-state index contributed by atoms with van der Waals surface area (Å²) in [6.45, 7) is 1.82. The lowest BCUT2D eigenvalue weighted by Crippen LogP contribution is -2.01. The molecule has 2 aromatic rings. The Hall–Kier alpha value is -1.54. The highest BCUT2D eigenvalue weighted by molar-refractivity contribution is 6.30. The topological polar surface area (TPSA) is 30.2 Å². The number of Topliss-reactive ketones (excluding diaryl/α,β-unsaturated/α-hetero) is 1. The molecule has 0 aliphatic heterocycles. The normalized spacial score (nSPS) is 10.4. The van der Waals surface area contributed by atoms with Crippen LogP contribution in [0.1, 0.15) is 21.7 Å². The number of rotatable bonds is 3. The molecular formula is C13H11ClO2. The van der Waals surface area contributed by atoms with Gasteiger partial charge in [-0.25, -0.2) is 0 Å². The SMILES string of the molecule is Cc1cc(C(=O)Cc2cccc(Cl)c2)co1. The van der Waals surface area contributed by atoms with Crippen LogP contribution in [0.2, 0.25) is 5.02 Å². The summed E-state index contributed by atoms with van der Waals surface area (Å²) in [7, 11) is 0. The van der Waals surface area contributed by atoms with Crippen molar-refractivity contribution in [1.29, 1.82) is 0 Å². The van der Waals surface area contributed by atoms with Gasteiger partial charge in [0.1, 0.15) is 12.0 Å². The first kappa shape index (κ1) is 11.0. The van der Waals surface area contributed by atoms with Crippen LogP contribution in [0.5, 0.6) is 0 Å². The molecule has 0 fully saturated rings. The molecule has 0 unspecified atom stereocenters. The summed E-state index contributed by atoms with van der Waals surface area (Å²) in [6.07, 6.45) is 1.84. The molecule has 1 aromatic carbocycles. The second-order valence-electron chi connectivity index (χ2n) is 3.68. The van der Waals surface area contributed by atoms with Crippen molar-refractivity contribution >= 4 is 17.4 Å². The van der Waals surface area contributed by atoms with Gasteiger partial charge in [0, 0.05) is 11.4 Å². The Morgan fingerprint density at radius 2 is 2.19 bits per heavy atom. The number of furan rings is 1. The highest BCUT2D eigenvalue weighted by Gasteiger charge is 2.09. The fraction of sp³-hybridized carbons (Fsp3) is 0.154. The molecule has 0 atom stereocenters. The van der Waals surface area contributed by atoms with Crippen LogP contribution in [-0.4, -0.2) is 5.78 Å². The van der Waals surface area contributed by atoms with Gasteiger partial charge in [-0.2, -0.15) is 0 Å². The molecule has 2 nitrogen and oxygen atoms in total. The number of hydrogen-bond donors (Lipinski definition) is 0. The highest BCUT2D eigenvalue weighted by Crippen LogP contribution is 2.14. The van der Waals surface area contributed by atoms with E-state index < -0.39 is 0 Å². The predicted molar refractivity (Wildman–Crippen MR) is 62.9 cm³/mol. The second-order valence-corrected chi connectivity index (χ2v) is 4.11. The summed E-state index contributed by atoms with van der Waals surface area (Å²) in [4.78, 5) is 11.8. The highest BCUT2D eigenvalue weighted by atomic mass is 35.5. The van der Waals surface area contributed by atoms with Crippen molar-refractivity contribution in [2.45, 2.75) is 13.3 Å². The molecule has 0 radical (unpaired) electrons. The molecule has 0 bridgehead atoms. The minimum atomic E-state index is 0.0408. The number of ketones is 1. The zero-order valence-corrected chi connectivity index (χ0v) is 9.62. The molecule has 0 saturated carbocycles. The van der Waals surface area contributed by atoms with Crippen LogP contribution in [-0.2, 0) is 6.42 Å². The smallest absolute Gasteiger partial charge is 0.170 e. The third-order valence-corrected chi connectivity index (χ3v) is 2.54. The van der Waals surface area contributed by atoms with Crippen LogP contribution in [0.3, 0.4) is 0 Å². The molecule has 0 N–H and O–H groups in total. The van der Waals surface area contributed by atoms with Gasteiger partial charge < -0.3 is 4.42 Å². The average Bonchev–Trinajstić information content (AvgIpc) is 2.65. The Bertz CT molecular complexity index is 514. The number of benzene rings is 1. The molecule has 0 saturated heterocycles. The van der Waals surface area contributed by atoms with E-state index in [0.717, 1.165) is 11.3 Å². The van der Waals surface area contributed by atoms with Gasteiger partial charge in [-0.3, -0.25) is 4.79 Å². The van der Waals surface area contributed by atoms with Crippen molar-refractivity contribution in [3.63, 3.8) is 0 Å². The quantitative estimate of drug-likeness (QED) is 0.759. The summed E-state index contributed by atoms with van der Waals surface area (Å²) in [5, 5.41) is 0.647. The molecule has 0 aliphatic rings. The van der Waals surface area contributed by atoms with Gasteiger partial charge in [0.25, 0.3) is 0 Å². The van der Waals surface area contributed by atoms with Gasteiger partial charge in [-0.15, -0.1) is 0 Å². The monoisotopic (exact) mass is 234 g/mol. The van der Waals surface area contributed by atoms with E-state index in [1.807, 2.05) is 19.1 Å². The van der Waals surface area contributed by atoms with Crippen LogP contribution >= 0.6 is 11.6 Å². The van der Waals surface area contributed by atoms with Crippen LogP contribution in [0.4, 0.5) is 0 Å². The molecule has 3 heteroatoms. The van der Waals surface area contributed by atoms with Gasteiger partial charge in [0.05, 0.1) is 5.56 Å². The summed E-state index contributed by atoms with van der Waals surface area (Å²) < 4.78 is 5.10. The van der Waals surface area contributed by atoms with E-state index in [4.69, 9.17) is 16.0 Å². The van der Waals surface area contributed by atoms with E-state index in [2.05, 4.69) is 0 Å². The van der Waals surface area contributed by atoms with Gasteiger partial charge in [-0.1, -0.05) is 23.7 Å². The van der Waals surface area contributed by atoms with E-state index in [1.54, 1.807) is 18.2 Å². The van der Waals surface area contributed by atoms with Crippen molar-refractivity contribution in [2.24, 2.45) is 0 Å². The van der Waals surface area contributed by atoms with E-state index >= 15 is 0 Å². The maximum absolute atomic E-state index is 11.8. The molecule has 1 heterocycles. The Labute approximate surface area is 98.8 Å². The van der Waals surface area contributed by atoms with E-state index in [1.165, 1.54) is 6.26 Å². The number of hydrogen-bond acceptors (Lipinski definition) is 2. The maximum atomic E-state index is 11.8. The van der Waals surface area contributed by atoms with Crippen molar-refractivity contribution in [2.75, 3.05) is 0 Å². The molecular weight excluding hydrogens is 224 g/mol. The minimum Gasteiger partial charge on any atom is -0.469 e. The first-order valence-corrected chi connectivity index (χ1v) is 5.36. The lowest BCUT2D eigenvalue weighted by atomic mass is 10.1. The van der Waals surface area contributed by atoms with Crippen LogP contribution in [0.15, 0.2) is 41.0 Å². The zero-order valence-electron chi connectivity index (χ0n) is 8.87. The first-order chi connectivity index (χ1) is 7.65. The van der Waals surface area contributed by atoms with Crippen LogP contribution in [0.25, 0.3) is 0 Å². The van der Waals surface area contributed by atoms with Crippen molar-refractivity contribution in [3.8, 4) is 0 Å². The largest absolute Gasteiger partial charge is 0.469 e. The molecule has 0 amide bonds. The van der Waals surface area contributed by atoms with Crippen LogP contribution < -0.4 is 0 Å². The second kappa shape index (κ2) is 4.54. The molecule has 0 spiro atoms. The lowest BCUT2D eigenvalue weighted by molar-refractivity contribution is 0.0992. The number of aryl methyl sites for hydroxylation is 1. The molecule has 82 valence electrons. The lowest BCUT2D eigenvalue weighted by Gasteiger charge is -1.99. The van der Waals surface area contributed by atoms with E-state index in [9.17, 15) is 4.79 Å². The zero-order chi connectivity index (χ0) is 11.5. The van der Waals surface area contributed by atoms with Gasteiger partial charge >= 0.3 is 0 Å². The van der Waals surface area contributed by atoms with Gasteiger partial charge in [0.2, 0.25) is 0 Å².